The highest BCUT2D eigenvalue weighted by atomic mass is 32.2. The van der Waals surface area contributed by atoms with Crippen molar-refractivity contribution in [3.63, 3.8) is 0 Å². The minimum Gasteiger partial charge on any atom is -0.386 e. The van der Waals surface area contributed by atoms with E-state index in [9.17, 15) is 62.7 Å². The number of aliphatic hydroxyl groups is 2. The number of hydrogen-bond donors (Lipinski definition) is 12. The predicted octanol–water partition coefficient (Wildman–Crippen LogP) is -3.90. The number of carbonyl (C=O) groups excluding carboxylic acids is 4. The standard InChI is InChI=1S/C29H50N11O18P3S/c1-14(31)24-38-15(8-30)27(46)39(24)9-18(42)62-7-6-33-17(41)4-5-34-26(45)22(44)29(2,3)11-55-61(52,53)58-60(50,51)54-10-16-21(57-59(47,48)49)20(43)28(56-16)40-13-37-19-23(32)35-12-36-25(19)40/h12-16,20-22,24,28,38,43-44H,4-11,30-31H2,1-3H3,(H,33,41)(H,34,45)(H,50,51)(H,52,53)(H2,32,35,36)(H2,47,48,49). The molecular formula is C29H50N11O18P3S. The topological polar surface area (TPSA) is 448 Å². The van der Waals surface area contributed by atoms with Gasteiger partial charge in [-0.15, -0.1) is 0 Å². The Labute approximate surface area is 356 Å². The molecule has 62 heavy (non-hydrogen) atoms. The normalized spacial score (nSPS) is 25.0. The number of phosphoric ester groups is 3. The first-order chi connectivity index (χ1) is 28.8. The molecule has 2 fully saturated rings. The van der Waals surface area contributed by atoms with Crippen LogP contribution >= 0.6 is 35.2 Å². The second-order valence-electron chi connectivity index (χ2n) is 14.5. The highest BCUT2D eigenvalue weighted by Gasteiger charge is 2.50. The quantitative estimate of drug-likeness (QED) is 0.0374. The monoisotopic (exact) mass is 965 g/mol. The zero-order valence-corrected chi connectivity index (χ0v) is 36.7. The molecule has 4 rings (SSSR count). The van der Waals surface area contributed by atoms with Crippen LogP contribution in [0.1, 0.15) is 33.4 Å². The highest BCUT2D eigenvalue weighted by Crippen LogP contribution is 2.61. The first-order valence-electron chi connectivity index (χ1n) is 18.3. The lowest BCUT2D eigenvalue weighted by Crippen LogP contribution is -2.50. The molecule has 350 valence electrons. The third-order valence-corrected chi connectivity index (χ3v) is 13.0. The third kappa shape index (κ3) is 14.0. The molecule has 4 heterocycles. The molecule has 2 saturated heterocycles. The first kappa shape index (κ1) is 51.5. The number of fused-ring (bicyclic) bond motifs is 1. The number of amides is 3. The lowest BCUT2D eigenvalue weighted by Gasteiger charge is -2.30. The summed E-state index contributed by atoms with van der Waals surface area (Å²) in [6.45, 7) is 1.71. The average molecular weight is 966 g/mol. The smallest absolute Gasteiger partial charge is 0.386 e. The number of rotatable bonds is 23. The Bertz CT molecular complexity index is 2080. The van der Waals surface area contributed by atoms with Gasteiger partial charge in [0, 0.05) is 43.3 Å². The Hall–Kier alpha value is -3.09. The SMILES string of the molecule is CC(N)C1NC(CN)C(=O)N1CC(=O)SCCNC(=O)CCNC(=O)C(O)C(C)(C)COP(=O)(O)OP(=O)(O)OCC1OC(n2cnc3c(N)ncnc32)C(O)C1OP(=O)(O)O. The van der Waals surface area contributed by atoms with Crippen LogP contribution in [-0.2, 0) is 55.5 Å². The van der Waals surface area contributed by atoms with Gasteiger partial charge in [-0.3, -0.25) is 42.6 Å². The van der Waals surface area contributed by atoms with Crippen molar-refractivity contribution in [3.05, 3.63) is 12.7 Å². The number of aromatic nitrogens is 4. The minimum absolute atomic E-state index is 0.0192. The Balaban J connectivity index is 1.19. The van der Waals surface area contributed by atoms with Gasteiger partial charge in [0.1, 0.15) is 42.3 Å². The van der Waals surface area contributed by atoms with Crippen molar-refractivity contribution in [2.45, 2.75) is 76.1 Å². The number of ether oxygens (including phenoxy) is 1. The van der Waals surface area contributed by atoms with Crippen molar-refractivity contribution >= 4 is 75.0 Å². The molecule has 0 bridgehead atoms. The summed E-state index contributed by atoms with van der Waals surface area (Å²) in [4.78, 5) is 102. The van der Waals surface area contributed by atoms with Crippen molar-refractivity contribution in [1.29, 1.82) is 0 Å². The number of nitrogens with one attached hydrogen (secondary N) is 3. The molecule has 10 atom stereocenters. The molecule has 10 unspecified atom stereocenters. The molecule has 0 aromatic carbocycles. The summed E-state index contributed by atoms with van der Waals surface area (Å²) in [5.41, 5.74) is 15.7. The van der Waals surface area contributed by atoms with E-state index in [1.54, 1.807) is 6.92 Å². The molecule has 0 radical (unpaired) electrons. The highest BCUT2D eigenvalue weighted by molar-refractivity contribution is 8.13. The molecule has 3 amide bonds. The molecule has 29 nitrogen and oxygen atoms in total. The second-order valence-corrected chi connectivity index (χ2v) is 19.9. The molecule has 0 aliphatic carbocycles. The van der Waals surface area contributed by atoms with E-state index in [2.05, 4.69) is 39.7 Å². The van der Waals surface area contributed by atoms with Crippen molar-refractivity contribution in [1.82, 2.24) is 40.4 Å². The van der Waals surface area contributed by atoms with Crippen molar-refractivity contribution in [2.75, 3.05) is 50.9 Å². The Morgan fingerprint density at radius 3 is 2.40 bits per heavy atom. The van der Waals surface area contributed by atoms with E-state index in [4.69, 9.17) is 31.0 Å². The van der Waals surface area contributed by atoms with Gasteiger partial charge in [0.15, 0.2) is 17.7 Å². The number of nitrogens with two attached hydrogens (primary N) is 3. The summed E-state index contributed by atoms with van der Waals surface area (Å²) >= 11 is 0.888. The minimum atomic E-state index is -5.60. The van der Waals surface area contributed by atoms with Crippen LogP contribution < -0.4 is 33.2 Å². The number of thioether (sulfide) groups is 1. The molecule has 2 aromatic rings. The van der Waals surface area contributed by atoms with Gasteiger partial charge in [0.2, 0.25) is 22.8 Å². The van der Waals surface area contributed by atoms with Crippen LogP contribution in [0.2, 0.25) is 0 Å². The maximum atomic E-state index is 12.7. The van der Waals surface area contributed by atoms with Crippen LogP contribution in [0.3, 0.4) is 0 Å². The van der Waals surface area contributed by atoms with Gasteiger partial charge >= 0.3 is 23.5 Å². The number of nitrogens with zero attached hydrogens (tertiary/aromatic N) is 5. The van der Waals surface area contributed by atoms with Gasteiger partial charge in [0.25, 0.3) is 0 Å². The zero-order chi connectivity index (χ0) is 46.4. The van der Waals surface area contributed by atoms with Crippen LogP contribution in [0, 0.1) is 5.41 Å². The zero-order valence-electron chi connectivity index (χ0n) is 33.2. The molecule has 0 saturated carbocycles. The fourth-order valence-electron chi connectivity index (χ4n) is 5.97. The molecule has 2 aliphatic heterocycles. The van der Waals surface area contributed by atoms with Gasteiger partial charge in [0.05, 0.1) is 32.3 Å². The fourth-order valence-corrected chi connectivity index (χ4v) is 9.46. The van der Waals surface area contributed by atoms with E-state index >= 15 is 0 Å². The predicted molar refractivity (Wildman–Crippen MR) is 212 cm³/mol. The van der Waals surface area contributed by atoms with Crippen LogP contribution in [0.15, 0.2) is 12.7 Å². The molecular weight excluding hydrogens is 915 g/mol. The molecule has 15 N–H and O–H groups in total. The molecule has 2 aromatic heterocycles. The van der Waals surface area contributed by atoms with Crippen LogP contribution in [0.4, 0.5) is 5.82 Å². The lowest BCUT2D eigenvalue weighted by molar-refractivity contribution is -0.137. The van der Waals surface area contributed by atoms with Gasteiger partial charge in [-0.2, -0.15) is 4.31 Å². The number of anilines is 1. The van der Waals surface area contributed by atoms with E-state index in [1.165, 1.54) is 18.7 Å². The molecule has 2 aliphatic rings. The number of hydrogen-bond acceptors (Lipinski definition) is 22. The Morgan fingerprint density at radius 1 is 1.08 bits per heavy atom. The summed E-state index contributed by atoms with van der Waals surface area (Å²) in [7, 11) is -16.5. The van der Waals surface area contributed by atoms with Crippen LogP contribution in [0.25, 0.3) is 11.2 Å². The van der Waals surface area contributed by atoms with E-state index in [0.29, 0.717) is 0 Å². The number of aliphatic hydroxyl groups excluding tert-OH is 2. The van der Waals surface area contributed by atoms with E-state index < -0.39 is 103 Å². The van der Waals surface area contributed by atoms with Gasteiger partial charge in [-0.05, 0) is 6.92 Å². The van der Waals surface area contributed by atoms with Crippen molar-refractivity contribution in [3.8, 4) is 0 Å². The number of imidazole rings is 1. The van der Waals surface area contributed by atoms with Gasteiger partial charge in [-0.25, -0.2) is 28.6 Å². The largest absolute Gasteiger partial charge is 0.481 e. The number of carbonyl (C=O) groups is 4. The van der Waals surface area contributed by atoms with Crippen molar-refractivity contribution in [2.24, 2.45) is 16.9 Å². The summed E-state index contributed by atoms with van der Waals surface area (Å²) in [6.07, 6.45) is -7.68. The van der Waals surface area contributed by atoms with E-state index in [0.717, 1.165) is 29.0 Å². The van der Waals surface area contributed by atoms with Crippen molar-refractivity contribution < 1.29 is 85.3 Å². The maximum Gasteiger partial charge on any atom is 0.481 e. The van der Waals surface area contributed by atoms with E-state index in [1.807, 2.05) is 0 Å². The molecule has 33 heteroatoms. The number of phosphoric acid groups is 3. The summed E-state index contributed by atoms with van der Waals surface area (Å²) in [5.74, 6) is -1.75. The lowest BCUT2D eigenvalue weighted by atomic mass is 9.87. The van der Waals surface area contributed by atoms with Crippen LogP contribution in [0.5, 0.6) is 0 Å². The summed E-state index contributed by atoms with van der Waals surface area (Å²) < 4.78 is 62.2. The first-order valence-corrected chi connectivity index (χ1v) is 23.8. The fraction of sp³-hybridized carbons (Fsp3) is 0.690. The van der Waals surface area contributed by atoms with Gasteiger partial charge in [-0.1, -0.05) is 25.6 Å². The van der Waals surface area contributed by atoms with Gasteiger partial charge < -0.3 is 67.3 Å². The third-order valence-electron chi connectivity index (χ3n) is 9.09. The van der Waals surface area contributed by atoms with Crippen LogP contribution in [-0.4, -0.2) is 165 Å². The summed E-state index contributed by atoms with van der Waals surface area (Å²) in [5, 5.41) is 29.0. The second kappa shape index (κ2) is 21.3. The Morgan fingerprint density at radius 2 is 1.76 bits per heavy atom. The maximum absolute atomic E-state index is 12.7. The Kier molecular flexibility index (Phi) is 17.7. The van der Waals surface area contributed by atoms with E-state index in [-0.39, 0.29) is 66.4 Å². The number of nitrogen functional groups attached to an aromatic ring is 1. The average Bonchev–Trinajstić information content (AvgIpc) is 3.83. The summed E-state index contributed by atoms with van der Waals surface area (Å²) in [6, 6.07) is -1.11. The molecule has 0 spiro atoms.